The van der Waals surface area contributed by atoms with Gasteiger partial charge in [0, 0.05) is 5.92 Å². The third-order valence-corrected chi connectivity index (χ3v) is 3.39. The molecule has 0 aromatic carbocycles. The summed E-state index contributed by atoms with van der Waals surface area (Å²) in [6.45, 7) is 3.09. The lowest BCUT2D eigenvalue weighted by Gasteiger charge is -2.32. The van der Waals surface area contributed by atoms with Crippen LogP contribution in [-0.2, 0) is 4.79 Å². The molecule has 0 amide bonds. The van der Waals surface area contributed by atoms with Crippen molar-refractivity contribution in [2.45, 2.75) is 44.6 Å². The predicted molar refractivity (Wildman–Crippen MR) is 48.0 cm³/mol. The first kappa shape index (κ1) is 8.24. The van der Waals surface area contributed by atoms with Crippen LogP contribution in [0, 0.1) is 5.92 Å². The van der Waals surface area contributed by atoms with E-state index in [9.17, 15) is 4.79 Å². The highest BCUT2D eigenvalue weighted by Gasteiger charge is 2.41. The van der Waals surface area contributed by atoms with E-state index in [0.29, 0.717) is 11.7 Å². The molecule has 2 fully saturated rings. The Balaban J connectivity index is 2.01. The van der Waals surface area contributed by atoms with E-state index < -0.39 is 0 Å². The molecule has 1 heterocycles. The Kier molecular flexibility index (Phi) is 1.95. The van der Waals surface area contributed by atoms with Gasteiger partial charge in [-0.3, -0.25) is 4.79 Å². The van der Waals surface area contributed by atoms with Crippen LogP contribution < -0.4 is 5.32 Å². The molecule has 2 rings (SSSR count). The second kappa shape index (κ2) is 2.84. The van der Waals surface area contributed by atoms with Crippen LogP contribution in [0.3, 0.4) is 0 Å². The first-order valence-electron chi connectivity index (χ1n) is 5.02. The normalized spacial score (nSPS) is 36.4. The standard InChI is InChI=1S/C10H17NO/c1-10(6-3-7-11-10)9(12)8-4-2-5-8/h8,11H,2-7H2,1H3. The van der Waals surface area contributed by atoms with Crippen molar-refractivity contribution in [2.24, 2.45) is 5.92 Å². The van der Waals surface area contributed by atoms with Crippen molar-refractivity contribution in [3.05, 3.63) is 0 Å². The number of carbonyl (C=O) groups is 1. The van der Waals surface area contributed by atoms with Crippen molar-refractivity contribution >= 4 is 5.78 Å². The van der Waals surface area contributed by atoms with Crippen molar-refractivity contribution in [2.75, 3.05) is 6.54 Å². The molecule has 0 aromatic rings. The first-order valence-corrected chi connectivity index (χ1v) is 5.02. The van der Waals surface area contributed by atoms with Gasteiger partial charge >= 0.3 is 0 Å². The van der Waals surface area contributed by atoms with E-state index in [2.05, 4.69) is 12.2 Å². The Bertz CT molecular complexity index is 190. The minimum atomic E-state index is -0.162. The molecule has 0 radical (unpaired) electrons. The summed E-state index contributed by atoms with van der Waals surface area (Å²) in [6.07, 6.45) is 5.73. The van der Waals surface area contributed by atoms with Crippen LogP contribution in [0.1, 0.15) is 39.0 Å². The SMILES string of the molecule is CC1(C(=O)C2CCC2)CCCN1. The van der Waals surface area contributed by atoms with Crippen molar-refractivity contribution in [1.82, 2.24) is 5.32 Å². The molecule has 0 spiro atoms. The van der Waals surface area contributed by atoms with Gasteiger partial charge in [0.25, 0.3) is 0 Å². The van der Waals surface area contributed by atoms with E-state index >= 15 is 0 Å². The van der Waals surface area contributed by atoms with Gasteiger partial charge in [-0.25, -0.2) is 0 Å². The molecular formula is C10H17NO. The van der Waals surface area contributed by atoms with Crippen molar-refractivity contribution in [3.8, 4) is 0 Å². The van der Waals surface area contributed by atoms with Crippen molar-refractivity contribution < 1.29 is 4.79 Å². The highest BCUT2D eigenvalue weighted by atomic mass is 16.1. The molecule has 0 bridgehead atoms. The minimum absolute atomic E-state index is 0.162. The summed E-state index contributed by atoms with van der Waals surface area (Å²) < 4.78 is 0. The minimum Gasteiger partial charge on any atom is -0.305 e. The third kappa shape index (κ3) is 1.18. The average molecular weight is 167 g/mol. The van der Waals surface area contributed by atoms with Gasteiger partial charge in [0.15, 0.2) is 5.78 Å². The lowest BCUT2D eigenvalue weighted by molar-refractivity contribution is -0.130. The molecule has 2 nitrogen and oxygen atoms in total. The zero-order valence-electron chi connectivity index (χ0n) is 7.73. The zero-order valence-corrected chi connectivity index (χ0v) is 7.73. The smallest absolute Gasteiger partial charge is 0.155 e. The number of hydrogen-bond donors (Lipinski definition) is 1. The summed E-state index contributed by atoms with van der Waals surface area (Å²) in [5.74, 6) is 0.867. The number of hydrogen-bond acceptors (Lipinski definition) is 2. The maximum Gasteiger partial charge on any atom is 0.155 e. The van der Waals surface area contributed by atoms with Crippen LogP contribution in [-0.4, -0.2) is 17.9 Å². The van der Waals surface area contributed by atoms with Crippen LogP contribution >= 0.6 is 0 Å². The van der Waals surface area contributed by atoms with E-state index in [0.717, 1.165) is 32.2 Å². The molecule has 1 saturated carbocycles. The molecule has 2 aliphatic rings. The van der Waals surface area contributed by atoms with E-state index in [-0.39, 0.29) is 5.54 Å². The maximum absolute atomic E-state index is 11.9. The molecule has 1 aliphatic heterocycles. The topological polar surface area (TPSA) is 29.1 Å². The van der Waals surface area contributed by atoms with Gasteiger partial charge in [-0.15, -0.1) is 0 Å². The van der Waals surface area contributed by atoms with Crippen LogP contribution in [0.15, 0.2) is 0 Å². The van der Waals surface area contributed by atoms with Gasteiger partial charge in [0.05, 0.1) is 5.54 Å². The van der Waals surface area contributed by atoms with Crippen LogP contribution in [0.2, 0.25) is 0 Å². The van der Waals surface area contributed by atoms with Crippen LogP contribution in [0.25, 0.3) is 0 Å². The van der Waals surface area contributed by atoms with Gasteiger partial charge < -0.3 is 5.32 Å². The Hall–Kier alpha value is -0.370. The number of nitrogens with one attached hydrogen (secondary N) is 1. The molecule has 1 unspecified atom stereocenters. The van der Waals surface area contributed by atoms with Crippen LogP contribution in [0.4, 0.5) is 0 Å². The van der Waals surface area contributed by atoms with Crippen molar-refractivity contribution in [3.63, 3.8) is 0 Å². The molecular weight excluding hydrogens is 150 g/mol. The number of Topliss-reactive ketones (excluding diaryl/α,β-unsaturated/α-hetero) is 1. The summed E-state index contributed by atoms with van der Waals surface area (Å²) in [6, 6.07) is 0. The molecule has 1 atom stereocenters. The summed E-state index contributed by atoms with van der Waals surface area (Å²) >= 11 is 0. The maximum atomic E-state index is 11.9. The Morgan fingerprint density at radius 1 is 1.42 bits per heavy atom. The molecule has 68 valence electrons. The fourth-order valence-electron chi connectivity index (χ4n) is 2.23. The molecule has 2 heteroatoms. The summed E-state index contributed by atoms with van der Waals surface area (Å²) in [5, 5.41) is 3.33. The van der Waals surface area contributed by atoms with E-state index in [1.54, 1.807) is 0 Å². The first-order chi connectivity index (χ1) is 5.72. The van der Waals surface area contributed by atoms with Gasteiger partial charge in [-0.2, -0.15) is 0 Å². The quantitative estimate of drug-likeness (QED) is 0.675. The highest BCUT2D eigenvalue weighted by Crippen LogP contribution is 2.33. The zero-order chi connectivity index (χ0) is 8.60. The molecule has 1 N–H and O–H groups in total. The number of carbonyl (C=O) groups excluding carboxylic acids is 1. The average Bonchev–Trinajstić information content (AvgIpc) is 2.33. The number of ketones is 1. The Morgan fingerprint density at radius 3 is 2.58 bits per heavy atom. The predicted octanol–water partition coefficient (Wildman–Crippen LogP) is 1.50. The molecule has 12 heavy (non-hydrogen) atoms. The summed E-state index contributed by atoms with van der Waals surface area (Å²) in [4.78, 5) is 11.9. The second-order valence-corrected chi connectivity index (χ2v) is 4.35. The Morgan fingerprint density at radius 2 is 2.17 bits per heavy atom. The summed E-state index contributed by atoms with van der Waals surface area (Å²) in [5.41, 5.74) is -0.162. The van der Waals surface area contributed by atoms with Gasteiger partial charge in [-0.05, 0) is 39.2 Å². The second-order valence-electron chi connectivity index (χ2n) is 4.35. The van der Waals surface area contributed by atoms with E-state index in [1.807, 2.05) is 0 Å². The lowest BCUT2D eigenvalue weighted by atomic mass is 9.75. The molecule has 1 saturated heterocycles. The number of rotatable bonds is 2. The molecule has 1 aliphatic carbocycles. The summed E-state index contributed by atoms with van der Waals surface area (Å²) in [7, 11) is 0. The van der Waals surface area contributed by atoms with E-state index in [1.165, 1.54) is 6.42 Å². The molecule has 0 aromatic heterocycles. The van der Waals surface area contributed by atoms with Crippen LogP contribution in [0.5, 0.6) is 0 Å². The van der Waals surface area contributed by atoms with Gasteiger partial charge in [0.2, 0.25) is 0 Å². The van der Waals surface area contributed by atoms with E-state index in [4.69, 9.17) is 0 Å². The monoisotopic (exact) mass is 167 g/mol. The van der Waals surface area contributed by atoms with Gasteiger partial charge in [-0.1, -0.05) is 6.42 Å². The third-order valence-electron chi connectivity index (χ3n) is 3.39. The van der Waals surface area contributed by atoms with Crippen molar-refractivity contribution in [1.29, 1.82) is 0 Å². The van der Waals surface area contributed by atoms with Gasteiger partial charge in [0.1, 0.15) is 0 Å². The fraction of sp³-hybridized carbons (Fsp3) is 0.900. The fourth-order valence-corrected chi connectivity index (χ4v) is 2.23. The Labute approximate surface area is 73.7 Å². The lowest BCUT2D eigenvalue weighted by Crippen LogP contribution is -2.49. The largest absolute Gasteiger partial charge is 0.305 e. The highest BCUT2D eigenvalue weighted by molar-refractivity contribution is 5.90.